The molecule has 0 amide bonds. The predicted octanol–water partition coefficient (Wildman–Crippen LogP) is 4.99. The minimum absolute atomic E-state index is 0.0685. The van der Waals surface area contributed by atoms with Crippen LogP contribution in [0.1, 0.15) is 78.1 Å². The summed E-state index contributed by atoms with van der Waals surface area (Å²) in [4.78, 5) is 12.4. The molecule has 4 fully saturated rings. The fourth-order valence-electron chi connectivity index (χ4n) is 7.07. The molecule has 4 rings (SSSR count). The third-order valence-electron chi connectivity index (χ3n) is 8.29. The van der Waals surface area contributed by atoms with Gasteiger partial charge in [0.1, 0.15) is 5.78 Å². The second kappa shape index (κ2) is 4.34. The Kier molecular flexibility index (Phi) is 2.89. The topological polar surface area (TPSA) is 17.1 Å². The quantitative estimate of drug-likeness (QED) is 0.608. The average Bonchev–Trinajstić information content (AvgIpc) is 2.74. The highest BCUT2D eigenvalue weighted by atomic mass is 16.1. The van der Waals surface area contributed by atoms with E-state index >= 15 is 0 Å². The van der Waals surface area contributed by atoms with E-state index in [-0.39, 0.29) is 5.41 Å². The van der Waals surface area contributed by atoms with Gasteiger partial charge in [-0.2, -0.15) is 0 Å². The molecule has 0 aromatic heterocycles. The van der Waals surface area contributed by atoms with Crippen LogP contribution in [0.5, 0.6) is 0 Å². The fraction of sp³-hybridized carbons (Fsp3) is 0.947. The lowest BCUT2D eigenvalue weighted by atomic mass is 9.45. The van der Waals surface area contributed by atoms with Gasteiger partial charge in [-0.3, -0.25) is 4.79 Å². The Bertz CT molecular complexity index is 427. The second-order valence-electron chi connectivity index (χ2n) is 8.82. The van der Waals surface area contributed by atoms with Gasteiger partial charge in [-0.05, 0) is 74.0 Å². The summed E-state index contributed by atoms with van der Waals surface area (Å²) in [6.45, 7) is 4.92. The number of hydrogen-bond donors (Lipinski definition) is 0. The highest BCUT2D eigenvalue weighted by Crippen LogP contribution is 2.65. The summed E-state index contributed by atoms with van der Waals surface area (Å²) in [6, 6.07) is 0. The summed E-state index contributed by atoms with van der Waals surface area (Å²) in [7, 11) is 0. The van der Waals surface area contributed by atoms with Crippen LogP contribution in [0.25, 0.3) is 0 Å². The molecular formula is C19H30O. The molecule has 0 aromatic carbocycles. The number of fused-ring (bicyclic) bond motifs is 5. The molecule has 4 saturated carbocycles. The standard InChI is InChI=1S/C19H30O/c1-18-11-4-3-5-13(18)6-7-14-15-8-9-17(20)19(15,2)12-10-16(14)18/h13-16H,3-12H2,1-2H3/t13?,14-,15?,16?,18-,19-/m0/s1. The summed E-state index contributed by atoms with van der Waals surface area (Å²) < 4.78 is 0. The summed E-state index contributed by atoms with van der Waals surface area (Å²) in [5, 5.41) is 0. The van der Waals surface area contributed by atoms with E-state index in [0.29, 0.717) is 11.2 Å². The molecule has 0 spiro atoms. The molecule has 0 radical (unpaired) electrons. The van der Waals surface area contributed by atoms with E-state index in [4.69, 9.17) is 0 Å². The van der Waals surface area contributed by atoms with E-state index < -0.39 is 0 Å². The van der Waals surface area contributed by atoms with Gasteiger partial charge in [0.05, 0.1) is 0 Å². The minimum Gasteiger partial charge on any atom is -0.299 e. The molecule has 1 nitrogen and oxygen atoms in total. The van der Waals surface area contributed by atoms with Crippen LogP contribution in [0.3, 0.4) is 0 Å². The van der Waals surface area contributed by atoms with Crippen LogP contribution in [-0.4, -0.2) is 5.78 Å². The molecule has 1 heteroatoms. The van der Waals surface area contributed by atoms with Crippen molar-refractivity contribution in [2.45, 2.75) is 78.1 Å². The lowest BCUT2D eigenvalue weighted by Crippen LogP contribution is -2.52. The molecule has 112 valence electrons. The zero-order valence-electron chi connectivity index (χ0n) is 13.3. The summed E-state index contributed by atoms with van der Waals surface area (Å²) >= 11 is 0. The summed E-state index contributed by atoms with van der Waals surface area (Å²) in [5.41, 5.74) is 0.688. The Morgan fingerprint density at radius 3 is 2.60 bits per heavy atom. The smallest absolute Gasteiger partial charge is 0.139 e. The number of ketones is 1. The third kappa shape index (κ3) is 1.58. The molecule has 6 atom stereocenters. The van der Waals surface area contributed by atoms with E-state index in [1.165, 1.54) is 57.8 Å². The maximum absolute atomic E-state index is 12.4. The maximum atomic E-state index is 12.4. The van der Waals surface area contributed by atoms with E-state index in [2.05, 4.69) is 13.8 Å². The number of carbonyl (C=O) groups excluding carboxylic acids is 1. The third-order valence-corrected chi connectivity index (χ3v) is 8.29. The number of rotatable bonds is 0. The largest absolute Gasteiger partial charge is 0.299 e. The molecule has 0 aliphatic heterocycles. The van der Waals surface area contributed by atoms with Crippen molar-refractivity contribution in [3.8, 4) is 0 Å². The molecular weight excluding hydrogens is 244 g/mol. The van der Waals surface area contributed by atoms with E-state index in [1.807, 2.05) is 0 Å². The van der Waals surface area contributed by atoms with Gasteiger partial charge in [0, 0.05) is 11.8 Å². The van der Waals surface area contributed by atoms with E-state index in [0.717, 1.165) is 30.1 Å². The Balaban J connectivity index is 1.66. The molecule has 0 heterocycles. The van der Waals surface area contributed by atoms with Crippen LogP contribution in [0.15, 0.2) is 0 Å². The molecule has 0 saturated heterocycles. The average molecular weight is 274 g/mol. The molecule has 4 aliphatic carbocycles. The van der Waals surface area contributed by atoms with Crippen LogP contribution in [0.4, 0.5) is 0 Å². The fourth-order valence-corrected chi connectivity index (χ4v) is 7.07. The summed E-state index contributed by atoms with van der Waals surface area (Å²) in [6.07, 6.45) is 13.4. The van der Waals surface area contributed by atoms with Crippen molar-refractivity contribution in [1.82, 2.24) is 0 Å². The van der Waals surface area contributed by atoms with Gasteiger partial charge >= 0.3 is 0 Å². The van der Waals surface area contributed by atoms with Crippen LogP contribution >= 0.6 is 0 Å². The van der Waals surface area contributed by atoms with Crippen LogP contribution in [-0.2, 0) is 4.79 Å². The number of carbonyl (C=O) groups is 1. The van der Waals surface area contributed by atoms with Crippen LogP contribution < -0.4 is 0 Å². The van der Waals surface area contributed by atoms with Gasteiger partial charge in [0.25, 0.3) is 0 Å². The Morgan fingerprint density at radius 2 is 1.75 bits per heavy atom. The Labute approximate surface area is 123 Å². The SMILES string of the molecule is C[C@]12CCCCC1CC[C@@H]1C2CC[C@]2(C)C(=O)CCC12. The highest BCUT2D eigenvalue weighted by molar-refractivity contribution is 5.87. The Hall–Kier alpha value is -0.330. The Morgan fingerprint density at radius 1 is 0.900 bits per heavy atom. The van der Waals surface area contributed by atoms with Gasteiger partial charge in [0.2, 0.25) is 0 Å². The first kappa shape index (κ1) is 13.3. The first-order valence-corrected chi connectivity index (χ1v) is 9.09. The molecule has 3 unspecified atom stereocenters. The predicted molar refractivity (Wildman–Crippen MR) is 81.4 cm³/mol. The van der Waals surface area contributed by atoms with Crippen molar-refractivity contribution < 1.29 is 4.79 Å². The van der Waals surface area contributed by atoms with Crippen molar-refractivity contribution in [2.24, 2.45) is 34.5 Å². The zero-order chi connectivity index (χ0) is 14.0. The highest BCUT2D eigenvalue weighted by Gasteiger charge is 2.59. The maximum Gasteiger partial charge on any atom is 0.139 e. The second-order valence-corrected chi connectivity index (χ2v) is 8.82. The monoisotopic (exact) mass is 274 g/mol. The summed E-state index contributed by atoms with van der Waals surface area (Å²) in [5.74, 6) is 4.13. The van der Waals surface area contributed by atoms with Gasteiger partial charge in [-0.15, -0.1) is 0 Å². The molecule has 0 aromatic rings. The van der Waals surface area contributed by atoms with Crippen molar-refractivity contribution in [2.75, 3.05) is 0 Å². The zero-order valence-corrected chi connectivity index (χ0v) is 13.3. The molecule has 0 bridgehead atoms. The van der Waals surface area contributed by atoms with Gasteiger partial charge < -0.3 is 0 Å². The number of Topliss-reactive ketones (excluding diaryl/α,β-unsaturated/α-hetero) is 1. The molecule has 20 heavy (non-hydrogen) atoms. The lowest BCUT2D eigenvalue weighted by molar-refractivity contribution is -0.138. The molecule has 4 aliphatic rings. The van der Waals surface area contributed by atoms with E-state index in [9.17, 15) is 4.79 Å². The van der Waals surface area contributed by atoms with Crippen LogP contribution in [0.2, 0.25) is 0 Å². The van der Waals surface area contributed by atoms with Gasteiger partial charge in [-0.25, -0.2) is 0 Å². The van der Waals surface area contributed by atoms with Gasteiger partial charge in [0.15, 0.2) is 0 Å². The first-order chi connectivity index (χ1) is 9.56. The van der Waals surface area contributed by atoms with Crippen molar-refractivity contribution in [3.05, 3.63) is 0 Å². The lowest BCUT2D eigenvalue weighted by Gasteiger charge is -2.59. The molecule has 0 N–H and O–H groups in total. The van der Waals surface area contributed by atoms with Crippen molar-refractivity contribution >= 4 is 5.78 Å². The van der Waals surface area contributed by atoms with Crippen molar-refractivity contribution in [3.63, 3.8) is 0 Å². The van der Waals surface area contributed by atoms with Crippen molar-refractivity contribution in [1.29, 1.82) is 0 Å². The minimum atomic E-state index is 0.0685. The number of hydrogen-bond acceptors (Lipinski definition) is 1. The van der Waals surface area contributed by atoms with E-state index in [1.54, 1.807) is 0 Å². The normalized spacial score (nSPS) is 55.0. The first-order valence-electron chi connectivity index (χ1n) is 9.09. The van der Waals surface area contributed by atoms with Gasteiger partial charge in [-0.1, -0.05) is 26.7 Å². The van der Waals surface area contributed by atoms with Crippen LogP contribution in [0, 0.1) is 34.5 Å².